The van der Waals surface area contributed by atoms with Gasteiger partial charge in [-0.05, 0) is 24.3 Å². The van der Waals surface area contributed by atoms with Gasteiger partial charge in [0.05, 0.1) is 11.1 Å². The lowest BCUT2D eigenvalue weighted by Gasteiger charge is -2.17. The summed E-state index contributed by atoms with van der Waals surface area (Å²) in [5, 5.41) is 1.83. The number of nitrogens with zero attached hydrogens (tertiary/aromatic N) is 2. The Bertz CT molecular complexity index is 476. The van der Waals surface area contributed by atoms with Crippen LogP contribution in [0.1, 0.15) is 5.56 Å². The van der Waals surface area contributed by atoms with Gasteiger partial charge in [0.1, 0.15) is 5.82 Å². The van der Waals surface area contributed by atoms with Gasteiger partial charge in [0.2, 0.25) is 0 Å². The molecule has 0 amide bonds. The number of rotatable bonds is 2. The summed E-state index contributed by atoms with van der Waals surface area (Å²) in [4.78, 5) is 5.82. The molecule has 0 atom stereocenters. The fourth-order valence-corrected chi connectivity index (χ4v) is 1.95. The average molecular weight is 258 g/mol. The van der Waals surface area contributed by atoms with Crippen LogP contribution in [0, 0.1) is 0 Å². The molecule has 0 unspecified atom stereocenters. The van der Waals surface area contributed by atoms with E-state index in [2.05, 4.69) is 4.98 Å². The van der Waals surface area contributed by atoms with Crippen molar-refractivity contribution in [3.63, 3.8) is 0 Å². The molecule has 0 fully saturated rings. The number of benzene rings is 1. The van der Waals surface area contributed by atoms with Crippen LogP contribution in [-0.4, -0.2) is 12.0 Å². The first kappa shape index (κ1) is 11.9. The molecule has 0 radical (unpaired) electrons. The summed E-state index contributed by atoms with van der Waals surface area (Å²) in [5.41, 5.74) is 1.70. The zero-order valence-electron chi connectivity index (χ0n) is 8.90. The van der Waals surface area contributed by atoms with Crippen molar-refractivity contribution in [2.75, 3.05) is 11.9 Å². The highest BCUT2D eigenvalue weighted by molar-refractivity contribution is 7.07. The van der Waals surface area contributed by atoms with Gasteiger partial charge in [-0.1, -0.05) is 0 Å². The van der Waals surface area contributed by atoms with E-state index in [9.17, 15) is 13.2 Å². The molecular formula is C11H9F3N2S. The zero-order valence-corrected chi connectivity index (χ0v) is 9.72. The van der Waals surface area contributed by atoms with Crippen molar-refractivity contribution in [2.24, 2.45) is 0 Å². The molecule has 0 aliphatic carbocycles. The van der Waals surface area contributed by atoms with Gasteiger partial charge in [-0.3, -0.25) is 0 Å². The summed E-state index contributed by atoms with van der Waals surface area (Å²) in [6.45, 7) is 0. The minimum Gasteiger partial charge on any atom is -0.329 e. The molecule has 2 aromatic rings. The fourth-order valence-electron chi connectivity index (χ4n) is 1.38. The Labute approximate surface area is 100 Å². The second-order valence-corrected chi connectivity index (χ2v) is 4.17. The first-order chi connectivity index (χ1) is 7.98. The van der Waals surface area contributed by atoms with E-state index in [1.54, 1.807) is 17.5 Å². The van der Waals surface area contributed by atoms with Crippen molar-refractivity contribution >= 4 is 22.8 Å². The van der Waals surface area contributed by atoms with Gasteiger partial charge in [-0.15, -0.1) is 11.3 Å². The fraction of sp³-hybridized carbons (Fsp3) is 0.182. The van der Waals surface area contributed by atoms with E-state index in [1.165, 1.54) is 23.5 Å². The number of thiazole rings is 1. The second kappa shape index (κ2) is 4.37. The van der Waals surface area contributed by atoms with Crippen LogP contribution in [0.3, 0.4) is 0 Å². The predicted molar refractivity (Wildman–Crippen MR) is 61.6 cm³/mol. The van der Waals surface area contributed by atoms with Crippen molar-refractivity contribution < 1.29 is 13.2 Å². The Morgan fingerprint density at radius 1 is 1.18 bits per heavy atom. The molecule has 6 heteroatoms. The number of hydrogen-bond donors (Lipinski definition) is 0. The lowest BCUT2D eigenvalue weighted by molar-refractivity contribution is -0.137. The van der Waals surface area contributed by atoms with Crippen LogP contribution in [-0.2, 0) is 6.18 Å². The maximum Gasteiger partial charge on any atom is 0.416 e. The monoisotopic (exact) mass is 258 g/mol. The van der Waals surface area contributed by atoms with Crippen LogP contribution in [0.2, 0.25) is 0 Å². The van der Waals surface area contributed by atoms with Gasteiger partial charge >= 0.3 is 6.18 Å². The molecule has 0 aliphatic heterocycles. The van der Waals surface area contributed by atoms with Crippen molar-refractivity contribution in [1.82, 2.24) is 4.98 Å². The van der Waals surface area contributed by atoms with Crippen LogP contribution in [0.25, 0.3) is 0 Å². The third-order valence-electron chi connectivity index (χ3n) is 2.34. The Morgan fingerprint density at radius 2 is 1.82 bits per heavy atom. The molecule has 0 bridgehead atoms. The lowest BCUT2D eigenvalue weighted by atomic mass is 10.2. The van der Waals surface area contributed by atoms with Crippen LogP contribution in [0.4, 0.5) is 24.7 Å². The number of aromatic nitrogens is 1. The number of alkyl halides is 3. The van der Waals surface area contributed by atoms with Crippen LogP contribution in [0.5, 0.6) is 0 Å². The quantitative estimate of drug-likeness (QED) is 0.811. The maximum atomic E-state index is 12.4. The van der Waals surface area contributed by atoms with Crippen LogP contribution < -0.4 is 4.90 Å². The van der Waals surface area contributed by atoms with E-state index < -0.39 is 11.7 Å². The Kier molecular flexibility index (Phi) is 3.06. The van der Waals surface area contributed by atoms with Crippen molar-refractivity contribution in [1.29, 1.82) is 0 Å². The maximum absolute atomic E-state index is 12.4. The number of anilines is 2. The van der Waals surface area contributed by atoms with Crippen molar-refractivity contribution in [3.05, 3.63) is 40.7 Å². The number of halogens is 3. The molecule has 90 valence electrons. The largest absolute Gasteiger partial charge is 0.416 e. The smallest absolute Gasteiger partial charge is 0.329 e. The molecule has 0 spiro atoms. The summed E-state index contributed by atoms with van der Waals surface area (Å²) >= 11 is 1.44. The standard InChI is InChI=1S/C11H9F3N2S/c1-16(10-6-17-7-15-10)9-4-2-8(3-5-9)11(12,13)14/h2-7H,1H3. The molecule has 2 nitrogen and oxygen atoms in total. The first-order valence-electron chi connectivity index (χ1n) is 4.77. The van der Waals surface area contributed by atoms with Crippen molar-refractivity contribution in [2.45, 2.75) is 6.18 Å². The van der Waals surface area contributed by atoms with E-state index >= 15 is 0 Å². The Hall–Kier alpha value is -1.56. The van der Waals surface area contributed by atoms with E-state index in [1.807, 2.05) is 5.38 Å². The summed E-state index contributed by atoms with van der Waals surface area (Å²) < 4.78 is 37.1. The first-order valence-corrected chi connectivity index (χ1v) is 5.72. The Balaban J connectivity index is 2.24. The topological polar surface area (TPSA) is 16.1 Å². The summed E-state index contributed by atoms with van der Waals surface area (Å²) in [7, 11) is 1.76. The number of hydrogen-bond acceptors (Lipinski definition) is 3. The van der Waals surface area contributed by atoms with Gasteiger partial charge in [0, 0.05) is 18.1 Å². The minimum atomic E-state index is -4.29. The molecular weight excluding hydrogens is 249 g/mol. The molecule has 2 rings (SSSR count). The van der Waals surface area contributed by atoms with Gasteiger partial charge in [0.25, 0.3) is 0 Å². The van der Waals surface area contributed by atoms with Gasteiger partial charge in [-0.2, -0.15) is 13.2 Å². The average Bonchev–Trinajstić information content (AvgIpc) is 2.80. The second-order valence-electron chi connectivity index (χ2n) is 3.45. The molecule has 17 heavy (non-hydrogen) atoms. The predicted octanol–water partition coefficient (Wildman–Crippen LogP) is 3.93. The van der Waals surface area contributed by atoms with Crippen LogP contribution in [0.15, 0.2) is 35.2 Å². The normalized spacial score (nSPS) is 11.5. The van der Waals surface area contributed by atoms with Gasteiger partial charge in [0.15, 0.2) is 0 Å². The molecule has 0 saturated carbocycles. The molecule has 0 saturated heterocycles. The molecule has 0 aliphatic rings. The summed E-state index contributed by atoms with van der Waals surface area (Å²) in [5.74, 6) is 0.717. The molecule has 1 heterocycles. The highest BCUT2D eigenvalue weighted by Gasteiger charge is 2.30. The molecule has 0 N–H and O–H groups in total. The zero-order chi connectivity index (χ0) is 12.5. The summed E-state index contributed by atoms with van der Waals surface area (Å²) in [6, 6.07) is 5.00. The van der Waals surface area contributed by atoms with Gasteiger partial charge in [-0.25, -0.2) is 4.98 Å². The summed E-state index contributed by atoms with van der Waals surface area (Å²) in [6.07, 6.45) is -4.29. The van der Waals surface area contributed by atoms with Gasteiger partial charge < -0.3 is 4.90 Å². The van der Waals surface area contributed by atoms with E-state index in [0.29, 0.717) is 5.69 Å². The molecule has 1 aromatic carbocycles. The van der Waals surface area contributed by atoms with E-state index in [4.69, 9.17) is 0 Å². The highest BCUT2D eigenvalue weighted by Crippen LogP contribution is 2.31. The SMILES string of the molecule is CN(c1ccc(C(F)(F)F)cc1)c1cscn1. The van der Waals surface area contributed by atoms with E-state index in [-0.39, 0.29) is 0 Å². The highest BCUT2D eigenvalue weighted by atomic mass is 32.1. The Morgan fingerprint density at radius 3 is 2.29 bits per heavy atom. The van der Waals surface area contributed by atoms with Crippen LogP contribution >= 0.6 is 11.3 Å². The third-order valence-corrected chi connectivity index (χ3v) is 2.92. The lowest BCUT2D eigenvalue weighted by Crippen LogP contribution is -2.10. The third kappa shape index (κ3) is 2.58. The minimum absolute atomic E-state index is 0.645. The molecule has 1 aromatic heterocycles. The van der Waals surface area contributed by atoms with E-state index in [0.717, 1.165) is 18.0 Å². The van der Waals surface area contributed by atoms with Crippen molar-refractivity contribution in [3.8, 4) is 0 Å².